The van der Waals surface area contributed by atoms with Gasteiger partial charge in [0.1, 0.15) is 6.42 Å². The van der Waals surface area contributed by atoms with E-state index >= 15 is 0 Å². The summed E-state index contributed by atoms with van der Waals surface area (Å²) in [6.45, 7) is 4.45. The van der Waals surface area contributed by atoms with Gasteiger partial charge in [0.05, 0.1) is 11.9 Å². The molecule has 2 amide bonds. The van der Waals surface area contributed by atoms with E-state index in [1.807, 2.05) is 30.3 Å². The Labute approximate surface area is 184 Å². The average molecular weight is 457 g/mol. The number of benzene rings is 1. The van der Waals surface area contributed by atoms with E-state index in [2.05, 4.69) is 5.32 Å². The molecule has 2 atom stereocenters. The van der Waals surface area contributed by atoms with Gasteiger partial charge in [-0.25, -0.2) is 4.79 Å². The van der Waals surface area contributed by atoms with Gasteiger partial charge in [0.15, 0.2) is 6.04 Å². The third-order valence-electron chi connectivity index (χ3n) is 4.72. The minimum absolute atomic E-state index is 0.103. The van der Waals surface area contributed by atoms with Crippen molar-refractivity contribution < 1.29 is 28.7 Å². The van der Waals surface area contributed by atoms with E-state index in [0.29, 0.717) is 6.42 Å². The zero-order valence-corrected chi connectivity index (χ0v) is 18.8. The summed E-state index contributed by atoms with van der Waals surface area (Å²) in [5.74, 6) is -4.14. The molecular formula is C20H25ClN2O6S. The molecule has 0 saturated carbocycles. The number of esters is 2. The van der Waals surface area contributed by atoms with E-state index in [9.17, 15) is 19.2 Å². The third kappa shape index (κ3) is 5.26. The van der Waals surface area contributed by atoms with Gasteiger partial charge in [-0.3, -0.25) is 24.6 Å². The number of carbonyl (C=O) groups excluding carboxylic acids is 4. The topological polar surface area (TPSA) is 102 Å². The number of hydrogen-bond acceptors (Lipinski definition) is 7. The number of rotatable bonds is 9. The molecule has 8 nitrogen and oxygen atoms in total. The molecule has 0 aromatic heterocycles. The number of nitrogens with zero attached hydrogens (tertiary/aromatic N) is 1. The number of ether oxygens (including phenoxy) is 2. The van der Waals surface area contributed by atoms with Crippen molar-refractivity contribution in [2.75, 3.05) is 7.11 Å². The molecule has 1 saturated heterocycles. The Morgan fingerprint density at radius 1 is 1.30 bits per heavy atom. The number of aryl methyl sites for hydroxylation is 1. The first-order chi connectivity index (χ1) is 14.1. The Hall–Kier alpha value is -2.26. The fraction of sp³-hybridized carbons (Fsp3) is 0.500. The number of carbonyl (C=O) groups is 4. The largest absolute Gasteiger partial charge is 0.467 e. The summed E-state index contributed by atoms with van der Waals surface area (Å²) in [7, 11) is 7.97. The molecular weight excluding hydrogens is 432 g/mol. The third-order valence-corrected chi connectivity index (χ3v) is 6.53. The molecule has 0 spiro atoms. The summed E-state index contributed by atoms with van der Waals surface area (Å²) in [6, 6.07) is 8.20. The molecule has 0 aliphatic carbocycles. The lowest BCUT2D eigenvalue weighted by Gasteiger charge is -2.54. The van der Waals surface area contributed by atoms with Gasteiger partial charge in [-0.15, -0.1) is 0 Å². The van der Waals surface area contributed by atoms with Crippen LogP contribution in [0.1, 0.15) is 39.2 Å². The maximum absolute atomic E-state index is 12.7. The maximum atomic E-state index is 12.7. The summed E-state index contributed by atoms with van der Waals surface area (Å²) in [5.41, 5.74) is 0.961. The molecule has 0 radical (unpaired) electrons. The van der Waals surface area contributed by atoms with E-state index in [4.69, 9.17) is 20.2 Å². The number of hydrogen-bond donors (Lipinski definition) is 1. The van der Waals surface area contributed by atoms with Crippen molar-refractivity contribution in [3.8, 4) is 0 Å². The van der Waals surface area contributed by atoms with Gasteiger partial charge in [-0.1, -0.05) is 30.3 Å². The first-order valence-electron chi connectivity index (χ1n) is 9.30. The highest BCUT2D eigenvalue weighted by Crippen LogP contribution is 2.42. The van der Waals surface area contributed by atoms with E-state index in [1.165, 1.54) is 7.11 Å². The summed E-state index contributed by atoms with van der Waals surface area (Å²) in [6.07, 6.45) is 0.270. The lowest BCUT2D eigenvalue weighted by atomic mass is 9.93. The molecule has 1 aromatic rings. The van der Waals surface area contributed by atoms with Crippen LogP contribution in [0.4, 0.5) is 0 Å². The predicted octanol–water partition coefficient (Wildman–Crippen LogP) is 2.39. The SMILES string of the molecule is COC(=O)C(N1C(=O)CC1(NC(=O)CCc1ccccc1)OC(C)=O)C(C)(C)SCl. The Balaban J connectivity index is 2.29. The van der Waals surface area contributed by atoms with Crippen molar-refractivity contribution in [2.45, 2.75) is 56.7 Å². The lowest BCUT2D eigenvalue weighted by molar-refractivity contribution is -0.238. The number of halogens is 1. The van der Waals surface area contributed by atoms with Gasteiger partial charge in [0.2, 0.25) is 11.8 Å². The van der Waals surface area contributed by atoms with Gasteiger partial charge in [-0.05, 0) is 47.5 Å². The highest BCUT2D eigenvalue weighted by atomic mass is 35.7. The van der Waals surface area contributed by atoms with E-state index in [-0.39, 0.29) is 12.8 Å². The van der Waals surface area contributed by atoms with Crippen LogP contribution >= 0.6 is 21.7 Å². The molecule has 1 aliphatic rings. The fourth-order valence-corrected chi connectivity index (χ4v) is 3.87. The number of β-lactam (4-membered cyclic amide) rings is 1. The van der Waals surface area contributed by atoms with Crippen LogP contribution in [0.5, 0.6) is 0 Å². The van der Waals surface area contributed by atoms with Crippen molar-refractivity contribution in [1.82, 2.24) is 10.2 Å². The van der Waals surface area contributed by atoms with Crippen LogP contribution < -0.4 is 5.32 Å². The van der Waals surface area contributed by atoms with Crippen molar-refractivity contribution >= 4 is 45.4 Å². The fourth-order valence-electron chi connectivity index (χ4n) is 3.33. The maximum Gasteiger partial charge on any atom is 0.330 e. The second-order valence-electron chi connectivity index (χ2n) is 7.46. The Morgan fingerprint density at radius 2 is 1.93 bits per heavy atom. The van der Waals surface area contributed by atoms with Crippen LogP contribution in [0, 0.1) is 0 Å². The molecule has 1 fully saturated rings. The van der Waals surface area contributed by atoms with Crippen LogP contribution in [0.3, 0.4) is 0 Å². The van der Waals surface area contributed by atoms with Crippen LogP contribution in [-0.2, 0) is 35.1 Å². The zero-order valence-electron chi connectivity index (χ0n) is 17.3. The summed E-state index contributed by atoms with van der Waals surface area (Å²) in [5, 5.41) is 2.63. The van der Waals surface area contributed by atoms with Crippen molar-refractivity contribution in [2.24, 2.45) is 0 Å². The van der Waals surface area contributed by atoms with Crippen molar-refractivity contribution in [1.29, 1.82) is 0 Å². The number of amides is 2. The number of methoxy groups -OCH3 is 1. The van der Waals surface area contributed by atoms with Gasteiger partial charge in [-0.2, -0.15) is 0 Å². The van der Waals surface area contributed by atoms with E-state index in [1.54, 1.807) is 13.8 Å². The van der Waals surface area contributed by atoms with Crippen LogP contribution in [0.2, 0.25) is 0 Å². The zero-order chi connectivity index (χ0) is 22.5. The lowest BCUT2D eigenvalue weighted by Crippen LogP contribution is -2.79. The van der Waals surface area contributed by atoms with Gasteiger partial charge < -0.3 is 9.47 Å². The van der Waals surface area contributed by atoms with Crippen LogP contribution in [-0.4, -0.2) is 52.4 Å². The summed E-state index contributed by atoms with van der Waals surface area (Å²) >= 11 is 0. The number of nitrogens with one attached hydrogen (secondary N) is 1. The normalized spacial score (nSPS) is 19.5. The monoisotopic (exact) mass is 456 g/mol. The first-order valence-corrected chi connectivity index (χ1v) is 10.9. The molecule has 164 valence electrons. The minimum Gasteiger partial charge on any atom is -0.467 e. The quantitative estimate of drug-likeness (QED) is 0.346. The second kappa shape index (κ2) is 9.70. The molecule has 2 rings (SSSR count). The van der Waals surface area contributed by atoms with E-state index in [0.717, 1.165) is 28.4 Å². The summed E-state index contributed by atoms with van der Waals surface area (Å²) < 4.78 is 9.23. The van der Waals surface area contributed by atoms with Crippen LogP contribution in [0.25, 0.3) is 0 Å². The highest BCUT2D eigenvalue weighted by Gasteiger charge is 2.63. The Kier molecular flexibility index (Phi) is 7.76. The molecule has 30 heavy (non-hydrogen) atoms. The molecule has 0 bridgehead atoms. The molecule has 1 aromatic carbocycles. The molecule has 1 heterocycles. The van der Waals surface area contributed by atoms with Crippen molar-refractivity contribution in [3.05, 3.63) is 35.9 Å². The van der Waals surface area contributed by atoms with Gasteiger partial charge in [0, 0.05) is 13.3 Å². The van der Waals surface area contributed by atoms with Gasteiger partial charge in [0.25, 0.3) is 5.85 Å². The van der Waals surface area contributed by atoms with E-state index < -0.39 is 40.4 Å². The summed E-state index contributed by atoms with van der Waals surface area (Å²) in [4.78, 5) is 50.5. The number of likely N-dealkylation sites (tertiary alicyclic amines) is 1. The average Bonchev–Trinajstić information content (AvgIpc) is 2.69. The highest BCUT2D eigenvalue weighted by molar-refractivity contribution is 8.22. The standard InChI is InChI=1S/C20H25ClN2O6S/c1-13(24)29-20(22-15(25)11-10-14-8-6-5-7-9-14)12-16(26)23(20)17(18(27)28-4)19(2,3)30-21/h5-9,17H,10-12H2,1-4H3,(H,22,25). The minimum atomic E-state index is -1.78. The molecule has 1 N–H and O–H groups in total. The van der Waals surface area contributed by atoms with Gasteiger partial charge >= 0.3 is 11.9 Å². The smallest absolute Gasteiger partial charge is 0.330 e. The molecule has 10 heteroatoms. The predicted molar refractivity (Wildman–Crippen MR) is 112 cm³/mol. The Bertz CT molecular complexity index is 819. The van der Waals surface area contributed by atoms with Crippen LogP contribution in [0.15, 0.2) is 30.3 Å². The Morgan fingerprint density at radius 3 is 2.43 bits per heavy atom. The second-order valence-corrected chi connectivity index (χ2v) is 9.13. The molecule has 2 unspecified atom stereocenters. The molecule has 1 aliphatic heterocycles. The van der Waals surface area contributed by atoms with Crippen molar-refractivity contribution in [3.63, 3.8) is 0 Å². The first kappa shape index (κ1) is 24.0.